The van der Waals surface area contributed by atoms with Crippen LogP contribution in [0.3, 0.4) is 0 Å². The molecule has 32 heavy (non-hydrogen) atoms. The molecule has 1 aliphatic rings. The Kier molecular flexibility index (Phi) is 7.40. The van der Waals surface area contributed by atoms with Crippen molar-refractivity contribution >= 4 is 17.5 Å². The van der Waals surface area contributed by atoms with Crippen molar-refractivity contribution in [3.05, 3.63) is 59.2 Å². The molecule has 9 heteroatoms. The number of anilines is 1. The van der Waals surface area contributed by atoms with E-state index < -0.39 is 6.36 Å². The van der Waals surface area contributed by atoms with Gasteiger partial charge in [-0.2, -0.15) is 0 Å². The van der Waals surface area contributed by atoms with E-state index >= 15 is 0 Å². The van der Waals surface area contributed by atoms with Gasteiger partial charge in [0.25, 0.3) is 0 Å². The van der Waals surface area contributed by atoms with Crippen molar-refractivity contribution in [3.63, 3.8) is 0 Å². The van der Waals surface area contributed by atoms with Gasteiger partial charge in [-0.3, -0.25) is 14.5 Å². The van der Waals surface area contributed by atoms with Crippen molar-refractivity contribution in [1.29, 1.82) is 0 Å². The Morgan fingerprint density at radius 3 is 2.28 bits per heavy atom. The summed E-state index contributed by atoms with van der Waals surface area (Å²) in [4.78, 5) is 28.6. The van der Waals surface area contributed by atoms with Gasteiger partial charge in [-0.1, -0.05) is 24.3 Å². The molecule has 2 amide bonds. The molecule has 1 saturated heterocycles. The molecule has 3 rings (SSSR count). The quantitative estimate of drug-likeness (QED) is 0.733. The number of halogens is 3. The van der Waals surface area contributed by atoms with Crippen LogP contribution in [0, 0.1) is 13.8 Å². The Morgan fingerprint density at radius 1 is 1.00 bits per heavy atom. The monoisotopic (exact) mass is 449 g/mol. The zero-order valence-electron chi connectivity index (χ0n) is 18.0. The highest BCUT2D eigenvalue weighted by atomic mass is 19.4. The molecule has 0 unspecified atom stereocenters. The summed E-state index contributed by atoms with van der Waals surface area (Å²) in [5.41, 5.74) is 3.56. The van der Waals surface area contributed by atoms with Gasteiger partial charge in [0.15, 0.2) is 0 Å². The first-order valence-electron chi connectivity index (χ1n) is 10.3. The largest absolute Gasteiger partial charge is 0.573 e. The number of nitrogens with one attached hydrogen (secondary N) is 1. The van der Waals surface area contributed by atoms with Gasteiger partial charge in [-0.25, -0.2) is 0 Å². The lowest BCUT2D eigenvalue weighted by Gasteiger charge is -2.34. The van der Waals surface area contributed by atoms with E-state index in [2.05, 4.69) is 10.1 Å². The molecule has 0 radical (unpaired) electrons. The van der Waals surface area contributed by atoms with Gasteiger partial charge in [0, 0.05) is 31.9 Å². The van der Waals surface area contributed by atoms with Crippen molar-refractivity contribution in [2.75, 3.05) is 38.0 Å². The van der Waals surface area contributed by atoms with Gasteiger partial charge < -0.3 is 15.0 Å². The van der Waals surface area contributed by atoms with Gasteiger partial charge in [-0.15, -0.1) is 13.2 Å². The van der Waals surface area contributed by atoms with E-state index in [0.29, 0.717) is 31.7 Å². The number of alkyl halides is 3. The first-order valence-corrected chi connectivity index (χ1v) is 10.3. The third-order valence-electron chi connectivity index (χ3n) is 5.48. The van der Waals surface area contributed by atoms with E-state index in [4.69, 9.17) is 0 Å². The van der Waals surface area contributed by atoms with Crippen LogP contribution < -0.4 is 10.1 Å². The first-order chi connectivity index (χ1) is 15.1. The van der Waals surface area contributed by atoms with Crippen LogP contribution in [0.2, 0.25) is 0 Å². The number of amides is 2. The van der Waals surface area contributed by atoms with Gasteiger partial charge in [0.05, 0.1) is 13.0 Å². The average molecular weight is 449 g/mol. The molecule has 1 N–H and O–H groups in total. The van der Waals surface area contributed by atoms with E-state index in [1.54, 1.807) is 4.90 Å². The third-order valence-corrected chi connectivity index (χ3v) is 5.48. The molecule has 0 aromatic heterocycles. The number of nitrogens with zero attached hydrogens (tertiary/aromatic N) is 2. The van der Waals surface area contributed by atoms with Crippen LogP contribution in [0.5, 0.6) is 5.75 Å². The maximum absolute atomic E-state index is 12.5. The zero-order valence-corrected chi connectivity index (χ0v) is 18.0. The minimum absolute atomic E-state index is 0.0966. The van der Waals surface area contributed by atoms with E-state index in [1.807, 2.05) is 36.9 Å². The summed E-state index contributed by atoms with van der Waals surface area (Å²) in [6.45, 7) is 6.33. The predicted octanol–water partition coefficient (Wildman–Crippen LogP) is 3.53. The molecule has 0 aliphatic carbocycles. The standard InChI is InChI=1S/C23H26F3N3O3/c1-16-4-3-5-20(17(16)2)27-21(30)15-28-10-12-29(13-11-28)22(31)14-18-6-8-19(9-7-18)32-23(24,25)26/h3-9H,10-15H2,1-2H3,(H,27,30). The fourth-order valence-electron chi connectivity index (χ4n) is 3.53. The number of ether oxygens (including phenoxy) is 1. The topological polar surface area (TPSA) is 61.9 Å². The highest BCUT2D eigenvalue weighted by molar-refractivity contribution is 5.93. The van der Waals surface area contributed by atoms with Crippen LogP contribution in [0.1, 0.15) is 16.7 Å². The predicted molar refractivity (Wildman–Crippen MR) is 114 cm³/mol. The smallest absolute Gasteiger partial charge is 0.406 e. The second kappa shape index (κ2) is 10.0. The van der Waals surface area contributed by atoms with Crippen molar-refractivity contribution < 1.29 is 27.5 Å². The first kappa shape index (κ1) is 23.6. The second-order valence-corrected chi connectivity index (χ2v) is 7.82. The normalized spacial score (nSPS) is 14.8. The highest BCUT2D eigenvalue weighted by Crippen LogP contribution is 2.23. The van der Waals surface area contributed by atoms with Crippen LogP contribution in [0.15, 0.2) is 42.5 Å². The van der Waals surface area contributed by atoms with Crippen LogP contribution in [0.25, 0.3) is 0 Å². The number of carbonyl (C=O) groups is 2. The second-order valence-electron chi connectivity index (χ2n) is 7.82. The Bertz CT molecular complexity index is 953. The molecule has 1 aliphatic heterocycles. The summed E-state index contributed by atoms with van der Waals surface area (Å²) in [7, 11) is 0. The van der Waals surface area contributed by atoms with Crippen LogP contribution >= 0.6 is 0 Å². The number of piperazine rings is 1. The number of benzene rings is 2. The maximum atomic E-state index is 12.5. The fourth-order valence-corrected chi connectivity index (χ4v) is 3.53. The minimum atomic E-state index is -4.74. The molecule has 1 heterocycles. The Morgan fingerprint density at radius 2 is 1.66 bits per heavy atom. The van der Waals surface area contributed by atoms with E-state index in [-0.39, 0.29) is 30.5 Å². The van der Waals surface area contributed by atoms with E-state index in [0.717, 1.165) is 16.8 Å². The highest BCUT2D eigenvalue weighted by Gasteiger charge is 2.31. The van der Waals surface area contributed by atoms with Crippen molar-refractivity contribution in [1.82, 2.24) is 9.80 Å². The molecule has 0 atom stereocenters. The molecule has 0 spiro atoms. The number of hydrogen-bond donors (Lipinski definition) is 1. The lowest BCUT2D eigenvalue weighted by atomic mass is 10.1. The molecule has 2 aromatic carbocycles. The van der Waals surface area contributed by atoms with Crippen molar-refractivity contribution in [2.24, 2.45) is 0 Å². The lowest BCUT2D eigenvalue weighted by molar-refractivity contribution is -0.274. The summed E-state index contributed by atoms with van der Waals surface area (Å²) in [6.07, 6.45) is -4.65. The number of aryl methyl sites for hydroxylation is 1. The SMILES string of the molecule is Cc1cccc(NC(=O)CN2CCN(C(=O)Cc3ccc(OC(F)(F)F)cc3)CC2)c1C. The van der Waals surface area contributed by atoms with E-state index in [9.17, 15) is 22.8 Å². The third kappa shape index (κ3) is 6.71. The summed E-state index contributed by atoms with van der Waals surface area (Å²) < 4.78 is 40.5. The molecule has 6 nitrogen and oxygen atoms in total. The van der Waals surface area contributed by atoms with Crippen LogP contribution in [0.4, 0.5) is 18.9 Å². The van der Waals surface area contributed by atoms with Gasteiger partial charge in [-0.05, 0) is 48.7 Å². The molecule has 0 saturated carbocycles. The Labute approximate surface area is 184 Å². The summed E-state index contributed by atoms with van der Waals surface area (Å²) in [6, 6.07) is 11.1. The van der Waals surface area contributed by atoms with Gasteiger partial charge in [0.2, 0.25) is 11.8 Å². The molecule has 1 fully saturated rings. The summed E-state index contributed by atoms with van der Waals surface area (Å²) >= 11 is 0. The van der Waals surface area contributed by atoms with Gasteiger partial charge in [0.1, 0.15) is 5.75 Å². The average Bonchev–Trinajstić information content (AvgIpc) is 2.72. The van der Waals surface area contributed by atoms with Crippen LogP contribution in [-0.2, 0) is 16.0 Å². The molecule has 2 aromatic rings. The molecular weight excluding hydrogens is 423 g/mol. The minimum Gasteiger partial charge on any atom is -0.406 e. The van der Waals surface area contributed by atoms with Gasteiger partial charge >= 0.3 is 6.36 Å². The zero-order chi connectivity index (χ0) is 23.3. The number of hydrogen-bond acceptors (Lipinski definition) is 4. The van der Waals surface area contributed by atoms with E-state index in [1.165, 1.54) is 24.3 Å². The maximum Gasteiger partial charge on any atom is 0.573 e. The lowest BCUT2D eigenvalue weighted by Crippen LogP contribution is -2.50. The van der Waals surface area contributed by atoms with Crippen LogP contribution in [-0.4, -0.2) is 60.7 Å². The summed E-state index contributed by atoms with van der Waals surface area (Å²) in [5.74, 6) is -0.518. The Hall–Kier alpha value is -3.07. The molecule has 0 bridgehead atoms. The van der Waals surface area contributed by atoms with Crippen molar-refractivity contribution in [2.45, 2.75) is 26.6 Å². The Balaban J connectivity index is 1.44. The fraction of sp³-hybridized carbons (Fsp3) is 0.391. The number of rotatable bonds is 6. The molecule has 172 valence electrons. The van der Waals surface area contributed by atoms with Crippen molar-refractivity contribution in [3.8, 4) is 5.75 Å². The number of carbonyl (C=O) groups excluding carboxylic acids is 2. The summed E-state index contributed by atoms with van der Waals surface area (Å²) in [5, 5.41) is 2.94. The molecular formula is C23H26F3N3O3.